The summed E-state index contributed by atoms with van der Waals surface area (Å²) in [5.41, 5.74) is 1.71. The molecule has 1 aromatic carbocycles. The topological polar surface area (TPSA) is 59.4 Å². The molecule has 4 rings (SSSR count). The summed E-state index contributed by atoms with van der Waals surface area (Å²) in [7, 11) is 0. The van der Waals surface area contributed by atoms with E-state index in [1.165, 1.54) is 0 Å². The standard InChI is InChI=1S/C17H19ClN4O2/c18-13-8-12-3-7-24-16(12)15(9-13)20-17(23)22-5-1-2-14(22)10-21-6-4-19-11-21/h4,6,8-9,11,14H,1-3,5,7,10H2,(H,20,23). The molecule has 0 bridgehead atoms. The first-order valence-electron chi connectivity index (χ1n) is 8.19. The van der Waals surface area contributed by atoms with Gasteiger partial charge in [-0.15, -0.1) is 0 Å². The number of carbonyl (C=O) groups excluding carboxylic acids is 1. The third-order valence-corrected chi connectivity index (χ3v) is 4.83. The van der Waals surface area contributed by atoms with Gasteiger partial charge in [0, 0.05) is 42.5 Å². The molecule has 126 valence electrons. The highest BCUT2D eigenvalue weighted by atomic mass is 35.5. The Morgan fingerprint density at radius 2 is 2.38 bits per heavy atom. The van der Waals surface area contributed by atoms with Gasteiger partial charge >= 0.3 is 6.03 Å². The lowest BCUT2D eigenvalue weighted by atomic mass is 10.1. The molecule has 2 amide bonds. The minimum absolute atomic E-state index is 0.0995. The molecule has 7 heteroatoms. The summed E-state index contributed by atoms with van der Waals surface area (Å²) in [5, 5.41) is 3.60. The van der Waals surface area contributed by atoms with E-state index in [9.17, 15) is 4.79 Å². The van der Waals surface area contributed by atoms with Crippen molar-refractivity contribution in [3.63, 3.8) is 0 Å². The molecule has 1 fully saturated rings. The number of benzene rings is 1. The van der Waals surface area contributed by atoms with Gasteiger partial charge in [0.2, 0.25) is 0 Å². The molecule has 1 N–H and O–H groups in total. The van der Waals surface area contributed by atoms with Crippen LogP contribution in [0.3, 0.4) is 0 Å². The monoisotopic (exact) mass is 346 g/mol. The Balaban J connectivity index is 1.50. The number of fused-ring (bicyclic) bond motifs is 1. The first-order chi connectivity index (χ1) is 11.7. The normalized spacial score (nSPS) is 19.2. The zero-order chi connectivity index (χ0) is 16.5. The van der Waals surface area contributed by atoms with Crippen molar-refractivity contribution in [2.24, 2.45) is 0 Å². The summed E-state index contributed by atoms with van der Waals surface area (Å²) in [5.74, 6) is 0.748. The molecule has 1 saturated heterocycles. The molecule has 0 spiro atoms. The van der Waals surface area contributed by atoms with Crippen LogP contribution in [0.15, 0.2) is 30.9 Å². The number of anilines is 1. The maximum atomic E-state index is 12.8. The van der Waals surface area contributed by atoms with Gasteiger partial charge in [0.15, 0.2) is 0 Å². The molecule has 1 atom stereocenters. The maximum Gasteiger partial charge on any atom is 0.322 e. The lowest BCUT2D eigenvalue weighted by Crippen LogP contribution is -2.40. The minimum atomic E-state index is -0.0995. The van der Waals surface area contributed by atoms with Gasteiger partial charge in [0.05, 0.1) is 24.7 Å². The number of likely N-dealkylation sites (tertiary alicyclic amines) is 1. The Morgan fingerprint density at radius 3 is 3.21 bits per heavy atom. The van der Waals surface area contributed by atoms with Gasteiger partial charge in [-0.2, -0.15) is 0 Å². The number of nitrogens with one attached hydrogen (secondary N) is 1. The van der Waals surface area contributed by atoms with Crippen LogP contribution in [0, 0.1) is 0 Å². The summed E-state index contributed by atoms with van der Waals surface area (Å²) in [4.78, 5) is 18.7. The highest BCUT2D eigenvalue weighted by Crippen LogP contribution is 2.37. The second-order valence-electron chi connectivity index (χ2n) is 6.22. The minimum Gasteiger partial charge on any atom is -0.491 e. The molecule has 3 heterocycles. The molecule has 6 nitrogen and oxygen atoms in total. The van der Waals surface area contributed by atoms with E-state index in [-0.39, 0.29) is 12.1 Å². The van der Waals surface area contributed by atoms with Crippen molar-refractivity contribution in [2.45, 2.75) is 31.8 Å². The number of carbonyl (C=O) groups is 1. The second kappa shape index (κ2) is 6.36. The van der Waals surface area contributed by atoms with Gasteiger partial charge in [-0.1, -0.05) is 11.6 Å². The molecule has 2 aromatic rings. The van der Waals surface area contributed by atoms with Crippen molar-refractivity contribution in [1.82, 2.24) is 14.5 Å². The van der Waals surface area contributed by atoms with Crippen molar-refractivity contribution >= 4 is 23.3 Å². The Kier molecular flexibility index (Phi) is 4.06. The van der Waals surface area contributed by atoms with Crippen LogP contribution in [0.25, 0.3) is 0 Å². The van der Waals surface area contributed by atoms with E-state index in [0.29, 0.717) is 17.3 Å². The number of aromatic nitrogens is 2. The first-order valence-corrected chi connectivity index (χ1v) is 8.57. The Labute approximate surface area is 145 Å². The van der Waals surface area contributed by atoms with Gasteiger partial charge in [-0.05, 0) is 25.0 Å². The third kappa shape index (κ3) is 2.94. The molecule has 0 radical (unpaired) electrons. The zero-order valence-electron chi connectivity index (χ0n) is 13.2. The predicted octanol–water partition coefficient (Wildman–Crippen LogP) is 3.17. The van der Waals surface area contributed by atoms with Gasteiger partial charge in [-0.3, -0.25) is 0 Å². The Morgan fingerprint density at radius 1 is 1.46 bits per heavy atom. The molecule has 2 aliphatic heterocycles. The summed E-state index contributed by atoms with van der Waals surface area (Å²) in [6.45, 7) is 2.15. The van der Waals surface area contributed by atoms with Crippen molar-refractivity contribution < 1.29 is 9.53 Å². The number of imidazole rings is 1. The van der Waals surface area contributed by atoms with Crippen molar-refractivity contribution in [2.75, 3.05) is 18.5 Å². The van der Waals surface area contributed by atoms with E-state index in [0.717, 1.165) is 43.7 Å². The molecule has 1 unspecified atom stereocenters. The number of rotatable bonds is 3. The number of amides is 2. The van der Waals surface area contributed by atoms with Crippen LogP contribution >= 0.6 is 11.6 Å². The summed E-state index contributed by atoms with van der Waals surface area (Å²) < 4.78 is 7.67. The number of ether oxygens (including phenoxy) is 1. The Hall–Kier alpha value is -2.21. The van der Waals surface area contributed by atoms with Crippen molar-refractivity contribution in [3.8, 4) is 5.75 Å². The van der Waals surface area contributed by atoms with E-state index < -0.39 is 0 Å². The highest BCUT2D eigenvalue weighted by molar-refractivity contribution is 6.31. The molecule has 0 saturated carbocycles. The van der Waals surface area contributed by atoms with Gasteiger partial charge in [-0.25, -0.2) is 9.78 Å². The average Bonchev–Trinajstić information content (AvgIpc) is 3.27. The number of hydrogen-bond acceptors (Lipinski definition) is 3. The van der Waals surface area contributed by atoms with Crippen LogP contribution in [-0.4, -0.2) is 39.7 Å². The summed E-state index contributed by atoms with van der Waals surface area (Å²) in [6, 6.07) is 3.73. The predicted molar refractivity (Wildman–Crippen MR) is 91.6 cm³/mol. The zero-order valence-corrected chi connectivity index (χ0v) is 14.0. The van der Waals surface area contributed by atoms with E-state index >= 15 is 0 Å². The van der Waals surface area contributed by atoms with Crippen LogP contribution in [0.5, 0.6) is 5.75 Å². The molecule has 2 aliphatic rings. The van der Waals surface area contributed by atoms with E-state index in [1.54, 1.807) is 18.6 Å². The fraction of sp³-hybridized carbons (Fsp3) is 0.412. The molecule has 24 heavy (non-hydrogen) atoms. The second-order valence-corrected chi connectivity index (χ2v) is 6.66. The van der Waals surface area contributed by atoms with Gasteiger partial charge in [0.1, 0.15) is 5.75 Å². The quantitative estimate of drug-likeness (QED) is 0.928. The van der Waals surface area contributed by atoms with Crippen LogP contribution < -0.4 is 10.1 Å². The largest absolute Gasteiger partial charge is 0.491 e. The van der Waals surface area contributed by atoms with E-state index in [2.05, 4.69) is 10.3 Å². The van der Waals surface area contributed by atoms with E-state index in [4.69, 9.17) is 16.3 Å². The van der Waals surface area contributed by atoms with Crippen LogP contribution in [0.1, 0.15) is 18.4 Å². The highest BCUT2D eigenvalue weighted by Gasteiger charge is 2.30. The molecular weight excluding hydrogens is 328 g/mol. The van der Waals surface area contributed by atoms with Gasteiger partial charge in [0.25, 0.3) is 0 Å². The number of nitrogens with zero attached hydrogens (tertiary/aromatic N) is 3. The third-order valence-electron chi connectivity index (χ3n) is 4.61. The van der Waals surface area contributed by atoms with Crippen LogP contribution in [0.2, 0.25) is 5.02 Å². The molecular formula is C17H19ClN4O2. The summed E-state index contributed by atoms with van der Waals surface area (Å²) >= 11 is 6.16. The average molecular weight is 347 g/mol. The lowest BCUT2D eigenvalue weighted by molar-refractivity contribution is 0.201. The lowest BCUT2D eigenvalue weighted by Gasteiger charge is -2.25. The van der Waals surface area contributed by atoms with Crippen molar-refractivity contribution in [3.05, 3.63) is 41.4 Å². The Bertz CT molecular complexity index is 747. The fourth-order valence-corrected chi connectivity index (χ4v) is 3.72. The van der Waals surface area contributed by atoms with Crippen LogP contribution in [-0.2, 0) is 13.0 Å². The summed E-state index contributed by atoms with van der Waals surface area (Å²) in [6.07, 6.45) is 8.29. The van der Waals surface area contributed by atoms with Crippen molar-refractivity contribution in [1.29, 1.82) is 0 Å². The number of halogens is 1. The maximum absolute atomic E-state index is 12.8. The number of urea groups is 1. The molecule has 1 aromatic heterocycles. The fourth-order valence-electron chi connectivity index (χ4n) is 3.48. The SMILES string of the molecule is O=C(Nc1cc(Cl)cc2c1OCC2)N1CCCC1Cn1ccnc1. The van der Waals surface area contributed by atoms with E-state index in [1.807, 2.05) is 21.7 Å². The van der Waals surface area contributed by atoms with Crippen LogP contribution in [0.4, 0.5) is 10.5 Å². The number of hydrogen-bond donors (Lipinski definition) is 1. The van der Waals surface area contributed by atoms with Gasteiger partial charge < -0.3 is 19.5 Å². The first kappa shape index (κ1) is 15.3. The molecule has 0 aliphatic carbocycles. The smallest absolute Gasteiger partial charge is 0.322 e.